The van der Waals surface area contributed by atoms with E-state index < -0.39 is 10.0 Å². The first-order valence-electron chi connectivity index (χ1n) is 14.8. The number of halogens is 2. The Labute approximate surface area is 268 Å². The van der Waals surface area contributed by atoms with Gasteiger partial charge in [-0.05, 0) is 93.4 Å². The number of piperidine rings is 2. The number of rotatable bonds is 10. The minimum absolute atomic E-state index is 0.0310. The molecule has 2 N–H and O–H groups in total. The van der Waals surface area contributed by atoms with Crippen LogP contribution in [0.15, 0.2) is 71.6 Å². The highest BCUT2D eigenvalue weighted by Crippen LogP contribution is 2.35. The van der Waals surface area contributed by atoms with Gasteiger partial charge in [-0.3, -0.25) is 14.3 Å². The summed E-state index contributed by atoms with van der Waals surface area (Å²) in [6, 6.07) is 17.4. The van der Waals surface area contributed by atoms with Gasteiger partial charge in [0, 0.05) is 42.7 Å². The second kappa shape index (κ2) is 14.6. The summed E-state index contributed by atoms with van der Waals surface area (Å²) in [5.41, 5.74) is 0.501. The topological polar surface area (TPSA) is 108 Å². The summed E-state index contributed by atoms with van der Waals surface area (Å²) in [6.07, 6.45) is 6.06. The average molecular weight is 660 g/mol. The summed E-state index contributed by atoms with van der Waals surface area (Å²) < 4.78 is 34.7. The number of likely N-dealkylation sites (tertiary alicyclic amines) is 2. The molecule has 0 radical (unpaired) electrons. The summed E-state index contributed by atoms with van der Waals surface area (Å²) in [6.45, 7) is 4.04. The Morgan fingerprint density at radius 1 is 0.864 bits per heavy atom. The number of hydrogen-bond acceptors (Lipinski definition) is 6. The van der Waals surface area contributed by atoms with Crippen LogP contribution in [0.2, 0.25) is 10.0 Å². The zero-order valence-corrected chi connectivity index (χ0v) is 26.6. The number of hydrogen-bond donors (Lipinski definition) is 2. The van der Waals surface area contributed by atoms with Gasteiger partial charge in [-0.15, -0.1) is 0 Å². The third kappa shape index (κ3) is 8.24. The van der Waals surface area contributed by atoms with Gasteiger partial charge in [0.05, 0.1) is 15.6 Å². The molecule has 0 aliphatic carbocycles. The van der Waals surface area contributed by atoms with Crippen molar-refractivity contribution in [3.63, 3.8) is 0 Å². The fourth-order valence-corrected chi connectivity index (χ4v) is 7.13. The Balaban J connectivity index is 1.11. The molecule has 5 rings (SSSR count). The molecule has 2 aliphatic heterocycles. The number of para-hydroxylation sites is 2. The van der Waals surface area contributed by atoms with Crippen LogP contribution in [0, 0.1) is 0 Å². The first kappa shape index (κ1) is 32.1. The van der Waals surface area contributed by atoms with Crippen molar-refractivity contribution in [3.05, 3.63) is 82.3 Å². The first-order chi connectivity index (χ1) is 21.2. The second-order valence-electron chi connectivity index (χ2n) is 11.0. The Bertz CT molecular complexity index is 1570. The highest BCUT2D eigenvalue weighted by Gasteiger charge is 2.27. The lowest BCUT2D eigenvalue weighted by Crippen LogP contribution is -2.48. The lowest BCUT2D eigenvalue weighted by molar-refractivity contribution is -0.132. The Morgan fingerprint density at radius 3 is 2.27 bits per heavy atom. The number of amides is 2. The van der Waals surface area contributed by atoms with Crippen molar-refractivity contribution in [3.8, 4) is 11.5 Å². The van der Waals surface area contributed by atoms with Crippen molar-refractivity contribution < 1.29 is 22.7 Å². The van der Waals surface area contributed by atoms with Crippen LogP contribution in [0.25, 0.3) is 0 Å². The van der Waals surface area contributed by atoms with Crippen LogP contribution in [0.3, 0.4) is 0 Å². The number of sulfonamides is 1. The van der Waals surface area contributed by atoms with Crippen LogP contribution in [0.1, 0.15) is 48.9 Å². The molecule has 2 fully saturated rings. The minimum Gasteiger partial charge on any atom is -0.454 e. The summed E-state index contributed by atoms with van der Waals surface area (Å²) in [5, 5.41) is 3.49. The lowest BCUT2D eigenvalue weighted by atomic mass is 10.00. The molecule has 0 spiro atoms. The highest BCUT2D eigenvalue weighted by molar-refractivity contribution is 7.92. The molecule has 9 nitrogen and oxygen atoms in total. The minimum atomic E-state index is -4.01. The maximum absolute atomic E-state index is 13.2. The second-order valence-corrected chi connectivity index (χ2v) is 13.5. The summed E-state index contributed by atoms with van der Waals surface area (Å²) in [5.74, 6) is 0.226. The number of anilines is 1. The van der Waals surface area contributed by atoms with Gasteiger partial charge in [0.1, 0.15) is 5.75 Å². The number of benzene rings is 3. The first-order valence-corrected chi connectivity index (χ1v) is 17.1. The van der Waals surface area contributed by atoms with E-state index in [9.17, 15) is 18.0 Å². The number of carbonyl (C=O) groups is 2. The zero-order chi connectivity index (χ0) is 31.1. The fraction of sp³-hybridized carbons (Fsp3) is 0.375. The van der Waals surface area contributed by atoms with Crippen molar-refractivity contribution >= 4 is 50.7 Å². The van der Waals surface area contributed by atoms with E-state index in [0.29, 0.717) is 22.4 Å². The van der Waals surface area contributed by atoms with Crippen molar-refractivity contribution in [2.75, 3.05) is 37.4 Å². The van der Waals surface area contributed by atoms with E-state index in [1.807, 2.05) is 4.90 Å². The molecule has 12 heteroatoms. The van der Waals surface area contributed by atoms with Gasteiger partial charge in [0.2, 0.25) is 5.91 Å². The molecule has 0 atom stereocenters. The van der Waals surface area contributed by atoms with Gasteiger partial charge >= 0.3 is 0 Å². The van der Waals surface area contributed by atoms with Crippen molar-refractivity contribution in [2.24, 2.45) is 0 Å². The quantitative estimate of drug-likeness (QED) is 0.269. The average Bonchev–Trinajstić information content (AvgIpc) is 3.03. The van der Waals surface area contributed by atoms with E-state index in [4.69, 9.17) is 27.9 Å². The van der Waals surface area contributed by atoms with Gasteiger partial charge in [0.15, 0.2) is 5.75 Å². The molecule has 2 amide bonds. The van der Waals surface area contributed by atoms with Crippen LogP contribution in [-0.2, 0) is 14.8 Å². The predicted octanol–water partition coefficient (Wildman–Crippen LogP) is 6.18. The van der Waals surface area contributed by atoms with Crippen molar-refractivity contribution in [1.29, 1.82) is 0 Å². The number of nitrogens with one attached hydrogen (secondary N) is 2. The van der Waals surface area contributed by atoms with Gasteiger partial charge in [-0.25, -0.2) is 8.42 Å². The molecular formula is C32H36Cl2N4O5S. The number of carbonyl (C=O) groups excluding carboxylic acids is 2. The monoisotopic (exact) mass is 658 g/mol. The van der Waals surface area contributed by atoms with Crippen LogP contribution >= 0.6 is 23.2 Å². The smallest absolute Gasteiger partial charge is 0.262 e. The van der Waals surface area contributed by atoms with Crippen LogP contribution < -0.4 is 14.8 Å². The lowest BCUT2D eigenvalue weighted by Gasteiger charge is -2.40. The van der Waals surface area contributed by atoms with E-state index >= 15 is 0 Å². The molecule has 3 aromatic rings. The predicted molar refractivity (Wildman–Crippen MR) is 172 cm³/mol. The molecule has 0 bridgehead atoms. The SMILES string of the molecule is O=C(NCCC(=O)N1CCC(N2CCCCC2)CC1)c1ccc(S(=O)(=O)Nc2ccccc2Oc2ccc(Cl)cc2Cl)cc1. The number of ether oxygens (including phenoxy) is 1. The van der Waals surface area contributed by atoms with Crippen molar-refractivity contribution in [2.45, 2.75) is 49.5 Å². The Morgan fingerprint density at radius 2 is 1.57 bits per heavy atom. The summed E-state index contributed by atoms with van der Waals surface area (Å²) in [4.78, 5) is 29.9. The molecule has 234 valence electrons. The third-order valence-corrected chi connectivity index (χ3v) is 9.93. The molecule has 0 saturated carbocycles. The molecule has 2 saturated heterocycles. The summed E-state index contributed by atoms with van der Waals surface area (Å²) >= 11 is 12.2. The van der Waals surface area contributed by atoms with Crippen LogP contribution in [-0.4, -0.2) is 68.8 Å². The van der Waals surface area contributed by atoms with Crippen LogP contribution in [0.5, 0.6) is 11.5 Å². The Hall–Kier alpha value is -3.31. The maximum atomic E-state index is 13.2. The van der Waals surface area contributed by atoms with Gasteiger partial charge in [0.25, 0.3) is 15.9 Å². The third-order valence-electron chi connectivity index (χ3n) is 8.02. The van der Waals surface area contributed by atoms with E-state index in [-0.39, 0.29) is 46.1 Å². The Kier molecular flexibility index (Phi) is 10.7. The van der Waals surface area contributed by atoms with Gasteiger partial charge in [-0.2, -0.15) is 0 Å². The normalized spacial score (nSPS) is 16.4. The molecule has 3 aromatic carbocycles. The zero-order valence-electron chi connectivity index (χ0n) is 24.3. The molecular weight excluding hydrogens is 623 g/mol. The molecule has 44 heavy (non-hydrogen) atoms. The standard InChI is InChI=1S/C32H36Cl2N4O5S/c33-24-10-13-29(27(34)22-24)43-30-7-3-2-6-28(30)36-44(41,42)26-11-8-23(9-12-26)32(40)35-17-14-31(39)38-20-15-25(16-21-38)37-18-4-1-5-19-37/h2-3,6-13,22,25,36H,1,4-5,14-21H2,(H,35,40). The highest BCUT2D eigenvalue weighted by atomic mass is 35.5. The van der Waals surface area contributed by atoms with E-state index in [1.165, 1.54) is 49.6 Å². The largest absolute Gasteiger partial charge is 0.454 e. The van der Waals surface area contributed by atoms with E-state index in [0.717, 1.165) is 39.0 Å². The van der Waals surface area contributed by atoms with Gasteiger partial charge in [-0.1, -0.05) is 41.8 Å². The van der Waals surface area contributed by atoms with E-state index in [1.54, 1.807) is 36.4 Å². The molecule has 0 aromatic heterocycles. The summed E-state index contributed by atoms with van der Waals surface area (Å²) in [7, 11) is -4.01. The van der Waals surface area contributed by atoms with Crippen LogP contribution in [0.4, 0.5) is 5.69 Å². The molecule has 2 heterocycles. The fourth-order valence-electron chi connectivity index (χ4n) is 5.61. The molecule has 2 aliphatic rings. The maximum Gasteiger partial charge on any atom is 0.262 e. The van der Waals surface area contributed by atoms with E-state index in [2.05, 4.69) is 14.9 Å². The van der Waals surface area contributed by atoms with Gasteiger partial charge < -0.3 is 19.9 Å². The number of nitrogens with zero attached hydrogens (tertiary/aromatic N) is 2. The van der Waals surface area contributed by atoms with Crippen molar-refractivity contribution in [1.82, 2.24) is 15.1 Å². The molecule has 0 unspecified atom stereocenters.